The highest BCUT2D eigenvalue weighted by atomic mass is 31.2. The van der Waals surface area contributed by atoms with Gasteiger partial charge in [0.25, 0.3) is 14.1 Å². The van der Waals surface area contributed by atoms with Gasteiger partial charge in [-0.05, 0) is 87.9 Å². The van der Waals surface area contributed by atoms with E-state index < -0.39 is 49.9 Å². The van der Waals surface area contributed by atoms with E-state index in [9.17, 15) is 19.6 Å². The van der Waals surface area contributed by atoms with Crippen molar-refractivity contribution in [2.75, 3.05) is 40.6 Å². The predicted octanol–water partition coefficient (Wildman–Crippen LogP) is 13.4. The molecule has 16 heteroatoms. The summed E-state index contributed by atoms with van der Waals surface area (Å²) in [5.74, 6) is 1.48. The van der Waals surface area contributed by atoms with Gasteiger partial charge in [-0.25, -0.2) is 9.46 Å². The summed E-state index contributed by atoms with van der Waals surface area (Å²) in [6.07, 6.45) is 21.1. The Kier molecular flexibility index (Phi) is 29.9. The number of carbonyl (C=O) groups excluding carboxylic acids is 1. The number of hydrogen-bond donors (Lipinski definition) is 2. The molecule has 15 nitrogen and oxygen atoms in total. The summed E-state index contributed by atoms with van der Waals surface area (Å²) < 4.78 is 49.6. The minimum absolute atomic E-state index is 0.0169. The molecule has 5 rings (SSSR count). The normalized spacial score (nSPS) is 16.9. The lowest BCUT2D eigenvalue weighted by Crippen LogP contribution is -2.43. The third kappa shape index (κ3) is 20.9. The molecule has 0 spiro atoms. The zero-order valence-electron chi connectivity index (χ0n) is 48.7. The SMILES string of the molecule is CCCCCCCCCCCCCCCCCC(=O)NCCCCCCO[C@@H]1[C@H](OP(OCCC#N)N(C(C)C)C(C)C)[C@@H](COC(c2ccccc2)(c2ccc(OC)cc2)c2ccc(OC)cc2)O[C@H]1n1ccc(=O)[nH]c1=O. The maximum absolute atomic E-state index is 13.7. The summed E-state index contributed by atoms with van der Waals surface area (Å²) in [5.41, 5.74) is 0.0356. The van der Waals surface area contributed by atoms with Gasteiger partial charge in [-0.1, -0.05) is 164 Å². The summed E-state index contributed by atoms with van der Waals surface area (Å²) in [6.45, 7) is 11.5. The maximum Gasteiger partial charge on any atom is 0.330 e. The van der Waals surface area contributed by atoms with Crippen LogP contribution in [0.3, 0.4) is 0 Å². The van der Waals surface area contributed by atoms with E-state index in [-0.39, 0.29) is 37.6 Å². The number of methoxy groups -OCH3 is 2. The topological polar surface area (TPSA) is 176 Å². The van der Waals surface area contributed by atoms with Gasteiger partial charge in [0.2, 0.25) is 5.91 Å². The average molecular weight is 1110 g/mol. The second-order valence-electron chi connectivity index (χ2n) is 21.3. The van der Waals surface area contributed by atoms with E-state index in [1.54, 1.807) is 14.2 Å². The second kappa shape index (κ2) is 36.4. The Bertz CT molecular complexity index is 2390. The standard InChI is InChI=1S/C63H94N5O10P/c1-8-9-10-11-12-13-14-15-16-17-18-19-20-21-27-33-57(69)65-44-28-22-23-29-46-74-60-59(78-79(76-47-30-43-64)68(49(2)3)50(4)5)56(77-61(60)67-45-42-58(70)66-62(67)71)48-75-63(51-31-25-24-26-32-51,52-34-38-54(72-6)39-35-52)53-36-40-55(73-7)41-37-53/h24-26,31-32,34-42,45,49-50,56,59-61H,8-23,27-30,33,44,46-48H2,1-7H3,(H,65,69)(H,66,70,71)/t56-,59-,60-,61-,79?/m1/s1. The first kappa shape index (κ1) is 64.9. The lowest BCUT2D eigenvalue weighted by molar-refractivity contribution is -0.121. The first-order valence-corrected chi connectivity index (χ1v) is 30.7. The molecule has 1 aliphatic heterocycles. The molecule has 1 aliphatic rings. The van der Waals surface area contributed by atoms with Crippen LogP contribution in [0.5, 0.6) is 11.5 Å². The summed E-state index contributed by atoms with van der Waals surface area (Å²) in [4.78, 5) is 41.3. The van der Waals surface area contributed by atoms with Crippen LogP contribution in [0.2, 0.25) is 0 Å². The number of aromatic amines is 1. The molecule has 1 unspecified atom stereocenters. The van der Waals surface area contributed by atoms with Crippen LogP contribution in [0.4, 0.5) is 0 Å². The van der Waals surface area contributed by atoms with Crippen molar-refractivity contribution in [2.24, 2.45) is 0 Å². The predicted molar refractivity (Wildman–Crippen MR) is 314 cm³/mol. The van der Waals surface area contributed by atoms with E-state index in [1.165, 1.54) is 100 Å². The molecule has 4 aromatic rings. The number of amides is 1. The fraction of sp³-hybridized carbons (Fsp3) is 0.619. The van der Waals surface area contributed by atoms with Crippen molar-refractivity contribution in [3.05, 3.63) is 129 Å². The summed E-state index contributed by atoms with van der Waals surface area (Å²) in [6, 6.07) is 28.9. The summed E-state index contributed by atoms with van der Waals surface area (Å²) >= 11 is 0. The first-order valence-electron chi connectivity index (χ1n) is 29.6. The van der Waals surface area contributed by atoms with Crippen molar-refractivity contribution in [1.82, 2.24) is 19.5 Å². The zero-order chi connectivity index (χ0) is 56.7. The van der Waals surface area contributed by atoms with Gasteiger partial charge in [0.1, 0.15) is 35.4 Å². The Hall–Kier alpha value is -4.91. The van der Waals surface area contributed by atoms with Crippen molar-refractivity contribution in [2.45, 2.75) is 212 Å². The molecule has 1 aromatic heterocycles. The molecule has 3 aromatic carbocycles. The zero-order valence-corrected chi connectivity index (χ0v) is 49.6. The second-order valence-corrected chi connectivity index (χ2v) is 22.7. The molecule has 0 bridgehead atoms. The van der Waals surface area contributed by atoms with Crippen LogP contribution in [0.1, 0.15) is 192 Å². The van der Waals surface area contributed by atoms with Gasteiger partial charge in [-0.3, -0.25) is 19.1 Å². The molecule has 5 atom stereocenters. The molecule has 0 saturated carbocycles. The molecule has 79 heavy (non-hydrogen) atoms. The number of nitrogens with one attached hydrogen (secondary N) is 2. The fourth-order valence-electron chi connectivity index (χ4n) is 10.5. The Balaban J connectivity index is 1.29. The largest absolute Gasteiger partial charge is 0.497 e. The number of aromatic nitrogens is 2. The van der Waals surface area contributed by atoms with Crippen LogP contribution in [-0.2, 0) is 33.7 Å². The van der Waals surface area contributed by atoms with Crippen LogP contribution in [0.25, 0.3) is 0 Å². The molecule has 2 heterocycles. The highest BCUT2D eigenvalue weighted by Gasteiger charge is 2.51. The first-order chi connectivity index (χ1) is 38.5. The van der Waals surface area contributed by atoms with Gasteiger partial charge in [0.15, 0.2) is 6.23 Å². The van der Waals surface area contributed by atoms with Gasteiger partial charge in [0, 0.05) is 43.9 Å². The third-order valence-electron chi connectivity index (χ3n) is 14.6. The minimum atomic E-state index is -1.85. The van der Waals surface area contributed by atoms with Crippen LogP contribution < -0.4 is 26.0 Å². The Morgan fingerprint density at radius 3 is 1.77 bits per heavy atom. The Labute approximate surface area is 473 Å². The van der Waals surface area contributed by atoms with Crippen molar-refractivity contribution in [1.29, 1.82) is 5.26 Å². The number of nitriles is 1. The Morgan fingerprint density at radius 2 is 1.24 bits per heavy atom. The molecule has 0 radical (unpaired) electrons. The smallest absolute Gasteiger partial charge is 0.330 e. The number of rotatable bonds is 41. The van der Waals surface area contributed by atoms with Gasteiger partial charge in [0.05, 0.1) is 39.9 Å². The van der Waals surface area contributed by atoms with E-state index in [4.69, 9.17) is 32.7 Å². The van der Waals surface area contributed by atoms with Crippen molar-refractivity contribution in [3.8, 4) is 17.6 Å². The molecule has 436 valence electrons. The highest BCUT2D eigenvalue weighted by molar-refractivity contribution is 7.44. The molecule has 1 amide bonds. The van der Waals surface area contributed by atoms with Gasteiger partial charge in [-0.15, -0.1) is 0 Å². The number of carbonyl (C=O) groups is 1. The number of H-pyrrole nitrogens is 1. The average Bonchev–Trinajstić information content (AvgIpc) is 3.79. The number of hydrogen-bond acceptors (Lipinski definition) is 12. The van der Waals surface area contributed by atoms with Gasteiger partial charge >= 0.3 is 5.69 Å². The van der Waals surface area contributed by atoms with Crippen LogP contribution in [-0.4, -0.2) is 91.1 Å². The van der Waals surface area contributed by atoms with Crippen molar-refractivity contribution in [3.63, 3.8) is 0 Å². The Morgan fingerprint density at radius 1 is 0.709 bits per heavy atom. The molecule has 2 N–H and O–H groups in total. The van der Waals surface area contributed by atoms with Crippen LogP contribution in [0, 0.1) is 11.3 Å². The van der Waals surface area contributed by atoms with Gasteiger partial charge < -0.3 is 38.0 Å². The van der Waals surface area contributed by atoms with E-state index in [0.29, 0.717) is 37.5 Å². The van der Waals surface area contributed by atoms with E-state index in [2.05, 4.69) is 55.7 Å². The fourth-order valence-corrected chi connectivity index (χ4v) is 12.2. The van der Waals surface area contributed by atoms with Crippen molar-refractivity contribution >= 4 is 14.4 Å². The molecule has 1 saturated heterocycles. The lowest BCUT2D eigenvalue weighted by Gasteiger charge is -2.39. The number of ether oxygens (including phenoxy) is 5. The van der Waals surface area contributed by atoms with E-state index in [0.717, 1.165) is 48.8 Å². The minimum Gasteiger partial charge on any atom is -0.497 e. The quantitative estimate of drug-likeness (QED) is 0.0245. The summed E-state index contributed by atoms with van der Waals surface area (Å²) in [5, 5.41) is 12.7. The highest BCUT2D eigenvalue weighted by Crippen LogP contribution is 2.51. The monoisotopic (exact) mass is 1110 g/mol. The molecular weight excluding hydrogens is 1020 g/mol. The molecule has 1 fully saturated rings. The van der Waals surface area contributed by atoms with Crippen molar-refractivity contribution < 1.29 is 37.5 Å². The number of unbranched alkanes of at least 4 members (excludes halogenated alkanes) is 17. The van der Waals surface area contributed by atoms with E-state index in [1.807, 2.05) is 78.9 Å². The van der Waals surface area contributed by atoms with E-state index >= 15 is 0 Å². The molecular formula is C63H94N5O10P. The maximum atomic E-state index is 13.7. The third-order valence-corrected chi connectivity index (χ3v) is 16.8. The number of benzene rings is 3. The van der Waals surface area contributed by atoms with Crippen LogP contribution in [0.15, 0.2) is 101 Å². The molecule has 0 aliphatic carbocycles. The van der Waals surface area contributed by atoms with Crippen LogP contribution >= 0.6 is 8.53 Å². The lowest BCUT2D eigenvalue weighted by atomic mass is 9.80. The number of nitrogens with zero attached hydrogens (tertiary/aromatic N) is 3. The summed E-state index contributed by atoms with van der Waals surface area (Å²) in [7, 11) is 1.41. The van der Waals surface area contributed by atoms with Gasteiger partial charge in [-0.2, -0.15) is 5.26 Å².